The van der Waals surface area contributed by atoms with Gasteiger partial charge in [-0.15, -0.1) is 24.0 Å². The summed E-state index contributed by atoms with van der Waals surface area (Å²) in [4.78, 5) is 18.9. The summed E-state index contributed by atoms with van der Waals surface area (Å²) in [5.41, 5.74) is 2.65. The van der Waals surface area contributed by atoms with Gasteiger partial charge in [0.25, 0.3) is 0 Å². The number of hydrogen-bond donors (Lipinski definition) is 3. The van der Waals surface area contributed by atoms with E-state index in [1.54, 1.807) is 0 Å². The van der Waals surface area contributed by atoms with Gasteiger partial charge in [0.1, 0.15) is 6.54 Å². The van der Waals surface area contributed by atoms with E-state index in [0.29, 0.717) is 12.0 Å². The predicted molar refractivity (Wildman–Crippen MR) is 127 cm³/mol. The Kier molecular flexibility index (Phi) is 10.2. The quantitative estimate of drug-likeness (QED) is 0.319. The number of amides is 1. The van der Waals surface area contributed by atoms with Crippen LogP contribution in [0.4, 0.5) is 0 Å². The van der Waals surface area contributed by atoms with Crippen molar-refractivity contribution in [1.29, 1.82) is 0 Å². The molecule has 0 bridgehead atoms. The first-order valence-corrected chi connectivity index (χ1v) is 9.92. The van der Waals surface area contributed by atoms with Crippen LogP contribution in [0.3, 0.4) is 0 Å². The number of nitrogens with one attached hydrogen (secondary N) is 3. The van der Waals surface area contributed by atoms with Gasteiger partial charge in [-0.2, -0.15) is 0 Å². The highest BCUT2D eigenvalue weighted by atomic mass is 127. The van der Waals surface area contributed by atoms with E-state index >= 15 is 0 Å². The fourth-order valence-electron chi connectivity index (χ4n) is 3.22. The fourth-order valence-corrected chi connectivity index (χ4v) is 3.22. The molecule has 158 valence electrons. The summed E-state index contributed by atoms with van der Waals surface area (Å²) in [6, 6.07) is 9.07. The second-order valence-corrected chi connectivity index (χ2v) is 8.21. The molecule has 1 aromatic carbocycles. The van der Waals surface area contributed by atoms with Gasteiger partial charge < -0.3 is 16.0 Å². The predicted octanol–water partition coefficient (Wildman–Crippen LogP) is 2.52. The van der Waals surface area contributed by atoms with Crippen molar-refractivity contribution in [3.05, 3.63) is 35.4 Å². The number of halogens is 1. The van der Waals surface area contributed by atoms with Crippen molar-refractivity contribution in [3.63, 3.8) is 0 Å². The summed E-state index contributed by atoms with van der Waals surface area (Å²) in [5.74, 6) is 0.617. The Balaban J connectivity index is 0.00000392. The lowest BCUT2D eigenvalue weighted by Crippen LogP contribution is -2.48. The van der Waals surface area contributed by atoms with Gasteiger partial charge in [-0.3, -0.25) is 9.69 Å². The van der Waals surface area contributed by atoms with Gasteiger partial charge in [0, 0.05) is 37.8 Å². The molecule has 1 heterocycles. The molecule has 28 heavy (non-hydrogen) atoms. The smallest absolute Gasteiger partial charge is 0.242 e. The van der Waals surface area contributed by atoms with Crippen LogP contribution in [0.1, 0.15) is 45.7 Å². The van der Waals surface area contributed by atoms with Gasteiger partial charge in [0.05, 0.1) is 0 Å². The number of carbonyl (C=O) groups excluding carboxylic acids is 1. The van der Waals surface area contributed by atoms with E-state index in [1.165, 1.54) is 11.1 Å². The van der Waals surface area contributed by atoms with Crippen LogP contribution in [-0.4, -0.2) is 54.5 Å². The van der Waals surface area contributed by atoms with Crippen LogP contribution >= 0.6 is 24.0 Å². The van der Waals surface area contributed by atoms with E-state index in [9.17, 15) is 4.79 Å². The molecule has 1 aromatic rings. The maximum Gasteiger partial charge on any atom is 0.242 e. The van der Waals surface area contributed by atoms with Gasteiger partial charge in [0.15, 0.2) is 5.96 Å². The van der Waals surface area contributed by atoms with E-state index in [2.05, 4.69) is 57.0 Å². The highest BCUT2D eigenvalue weighted by Crippen LogP contribution is 2.19. The Hall–Kier alpha value is -1.35. The molecule has 1 unspecified atom stereocenters. The normalized spacial score (nSPS) is 15.8. The lowest BCUT2D eigenvalue weighted by atomic mass is 9.99. The minimum Gasteiger partial charge on any atom is -0.357 e. The average Bonchev–Trinajstić information content (AvgIpc) is 2.62. The highest BCUT2D eigenvalue weighted by Gasteiger charge is 2.20. The molecule has 2 rings (SSSR count). The van der Waals surface area contributed by atoms with Gasteiger partial charge in [-0.05, 0) is 52.2 Å². The third-order valence-corrected chi connectivity index (χ3v) is 4.59. The van der Waals surface area contributed by atoms with E-state index in [-0.39, 0.29) is 42.0 Å². The van der Waals surface area contributed by atoms with Crippen molar-refractivity contribution in [2.24, 2.45) is 4.99 Å². The molecule has 0 saturated carbocycles. The van der Waals surface area contributed by atoms with Gasteiger partial charge in [0.2, 0.25) is 5.91 Å². The largest absolute Gasteiger partial charge is 0.357 e. The Morgan fingerprint density at radius 1 is 1.21 bits per heavy atom. The Morgan fingerprint density at radius 2 is 1.89 bits per heavy atom. The summed E-state index contributed by atoms with van der Waals surface area (Å²) < 4.78 is 0. The molecular weight excluding hydrogens is 465 g/mol. The van der Waals surface area contributed by atoms with Crippen molar-refractivity contribution < 1.29 is 4.79 Å². The van der Waals surface area contributed by atoms with Gasteiger partial charge in [-0.1, -0.05) is 24.3 Å². The lowest BCUT2D eigenvalue weighted by molar-refractivity contribution is -0.121. The summed E-state index contributed by atoms with van der Waals surface area (Å²) in [5, 5.41) is 9.53. The molecule has 1 atom stereocenters. The van der Waals surface area contributed by atoms with Crippen LogP contribution < -0.4 is 16.0 Å². The average molecular weight is 501 g/mol. The van der Waals surface area contributed by atoms with Crippen LogP contribution in [0, 0.1) is 0 Å². The Bertz CT molecular complexity index is 656. The van der Waals surface area contributed by atoms with Crippen LogP contribution in [0.25, 0.3) is 0 Å². The topological polar surface area (TPSA) is 68.8 Å². The molecule has 0 aliphatic carbocycles. The number of benzene rings is 1. The lowest BCUT2D eigenvalue weighted by Gasteiger charge is -2.34. The van der Waals surface area contributed by atoms with E-state index in [1.807, 2.05) is 27.7 Å². The highest BCUT2D eigenvalue weighted by molar-refractivity contribution is 14.0. The second kappa shape index (κ2) is 11.6. The van der Waals surface area contributed by atoms with Crippen LogP contribution in [-0.2, 0) is 17.8 Å². The van der Waals surface area contributed by atoms with Crippen molar-refractivity contribution in [3.8, 4) is 0 Å². The monoisotopic (exact) mass is 501 g/mol. The van der Waals surface area contributed by atoms with Crippen molar-refractivity contribution in [2.75, 3.05) is 26.2 Å². The first-order valence-electron chi connectivity index (χ1n) is 9.92. The molecule has 7 heteroatoms. The number of hydrogen-bond acceptors (Lipinski definition) is 3. The third-order valence-electron chi connectivity index (χ3n) is 4.59. The number of nitrogens with zero attached hydrogens (tertiary/aromatic N) is 2. The molecule has 1 aliphatic heterocycles. The Morgan fingerprint density at radius 3 is 2.54 bits per heavy atom. The van der Waals surface area contributed by atoms with E-state index in [4.69, 9.17) is 0 Å². The zero-order valence-electron chi connectivity index (χ0n) is 17.8. The minimum atomic E-state index is -0.239. The standard InChI is InChI=1S/C21H35N5O.HI/c1-6-22-20(24-14-19(27)25-21(3,4)5)23-13-16(2)26-12-11-17-9-7-8-10-18(17)15-26;/h7-10,16H,6,11-15H2,1-5H3,(H,25,27)(H2,22,23,24);1H. The van der Waals surface area contributed by atoms with E-state index < -0.39 is 0 Å². The van der Waals surface area contributed by atoms with Crippen LogP contribution in [0.2, 0.25) is 0 Å². The maximum atomic E-state index is 12.0. The zero-order valence-corrected chi connectivity index (χ0v) is 20.2. The molecule has 0 spiro atoms. The molecule has 6 nitrogen and oxygen atoms in total. The molecule has 0 radical (unpaired) electrons. The summed E-state index contributed by atoms with van der Waals surface area (Å²) >= 11 is 0. The van der Waals surface area contributed by atoms with Crippen LogP contribution in [0.5, 0.6) is 0 Å². The van der Waals surface area contributed by atoms with Gasteiger partial charge in [-0.25, -0.2) is 4.99 Å². The number of aliphatic imine (C=N–C) groups is 1. The molecule has 1 amide bonds. The third kappa shape index (κ3) is 8.34. The molecule has 0 saturated heterocycles. The first-order chi connectivity index (χ1) is 12.8. The molecule has 1 aliphatic rings. The Labute approximate surface area is 187 Å². The number of carbonyl (C=O) groups is 1. The molecule has 0 fully saturated rings. The zero-order chi connectivity index (χ0) is 19.9. The van der Waals surface area contributed by atoms with Crippen molar-refractivity contribution in [2.45, 2.75) is 59.2 Å². The second-order valence-electron chi connectivity index (χ2n) is 8.21. The van der Waals surface area contributed by atoms with Crippen LogP contribution in [0.15, 0.2) is 29.3 Å². The summed E-state index contributed by atoms with van der Waals surface area (Å²) in [6.07, 6.45) is 1.10. The van der Waals surface area contributed by atoms with E-state index in [0.717, 1.165) is 32.6 Å². The molecule has 3 N–H and O–H groups in total. The summed E-state index contributed by atoms with van der Waals surface area (Å²) in [7, 11) is 0. The maximum absolute atomic E-state index is 12.0. The minimum absolute atomic E-state index is 0. The SMILES string of the molecule is CCNC(=NCC(=O)NC(C)(C)C)NCC(C)N1CCc2ccccc2C1.I. The summed E-state index contributed by atoms with van der Waals surface area (Å²) in [6.45, 7) is 13.9. The number of rotatable bonds is 6. The van der Waals surface area contributed by atoms with Gasteiger partial charge >= 0.3 is 0 Å². The molecular formula is C21H36IN5O. The fraction of sp³-hybridized carbons (Fsp3) is 0.619. The van der Waals surface area contributed by atoms with Crippen molar-refractivity contribution >= 4 is 35.8 Å². The first kappa shape index (κ1) is 24.7. The van der Waals surface area contributed by atoms with Crippen molar-refractivity contribution in [1.82, 2.24) is 20.9 Å². The number of fused-ring (bicyclic) bond motifs is 1. The number of guanidine groups is 1. The molecule has 0 aromatic heterocycles.